The highest BCUT2D eigenvalue weighted by molar-refractivity contribution is 5.85. The summed E-state index contributed by atoms with van der Waals surface area (Å²) in [6, 6.07) is 5.68. The van der Waals surface area contributed by atoms with Crippen LogP contribution in [0, 0.1) is 0 Å². The molecule has 0 heterocycles. The highest BCUT2D eigenvalue weighted by Crippen LogP contribution is 2.31. The molecule has 0 fully saturated rings. The van der Waals surface area contributed by atoms with Crippen LogP contribution in [-0.4, -0.2) is 19.6 Å². The first-order chi connectivity index (χ1) is 8.55. The lowest BCUT2D eigenvalue weighted by Gasteiger charge is -2.13. The molecule has 1 rings (SSSR count). The van der Waals surface area contributed by atoms with Crippen molar-refractivity contribution in [2.75, 3.05) is 19.6 Å². The minimum atomic E-state index is -4.28. The quantitative estimate of drug-likeness (QED) is 0.745. The van der Waals surface area contributed by atoms with Crippen molar-refractivity contribution in [3.8, 4) is 0 Å². The molecule has 0 aromatic heterocycles. The molecular formula is C13H21Cl2F3N2. The summed E-state index contributed by atoms with van der Waals surface area (Å²) in [6.45, 7) is 4.77. The fourth-order valence-corrected chi connectivity index (χ4v) is 1.69. The van der Waals surface area contributed by atoms with Crippen LogP contribution in [0.4, 0.5) is 13.2 Å². The van der Waals surface area contributed by atoms with Gasteiger partial charge >= 0.3 is 6.18 Å². The molecule has 0 unspecified atom stereocenters. The van der Waals surface area contributed by atoms with Crippen LogP contribution in [0.2, 0.25) is 0 Å². The van der Waals surface area contributed by atoms with Gasteiger partial charge in [-0.3, -0.25) is 0 Å². The van der Waals surface area contributed by atoms with E-state index >= 15 is 0 Å². The third kappa shape index (κ3) is 7.94. The largest absolute Gasteiger partial charge is 0.416 e. The minimum absolute atomic E-state index is 0. The molecule has 0 atom stereocenters. The Morgan fingerprint density at radius 3 is 2.20 bits per heavy atom. The molecule has 0 spiro atoms. The molecule has 20 heavy (non-hydrogen) atoms. The Morgan fingerprint density at radius 1 is 1.00 bits per heavy atom. The number of benzene rings is 1. The first kappa shape index (κ1) is 21.8. The molecule has 0 radical (unpaired) electrons. The molecule has 2 nitrogen and oxygen atoms in total. The monoisotopic (exact) mass is 332 g/mol. The zero-order valence-corrected chi connectivity index (χ0v) is 12.9. The molecule has 0 aliphatic heterocycles. The summed E-state index contributed by atoms with van der Waals surface area (Å²) in [6.07, 6.45) is -3.37. The predicted octanol–water partition coefficient (Wildman–Crippen LogP) is 3.64. The zero-order chi connectivity index (χ0) is 13.4. The van der Waals surface area contributed by atoms with Crippen molar-refractivity contribution in [1.82, 2.24) is 10.6 Å². The predicted molar refractivity (Wildman–Crippen MR) is 80.8 cm³/mol. The lowest BCUT2D eigenvalue weighted by Crippen LogP contribution is -2.22. The Bertz CT molecular complexity index is 360. The minimum Gasteiger partial charge on any atom is -0.317 e. The van der Waals surface area contributed by atoms with E-state index in [4.69, 9.17) is 0 Å². The van der Waals surface area contributed by atoms with Crippen LogP contribution in [0.5, 0.6) is 0 Å². The van der Waals surface area contributed by atoms with Gasteiger partial charge in [0.05, 0.1) is 5.56 Å². The fourth-order valence-electron chi connectivity index (χ4n) is 1.69. The smallest absolute Gasteiger partial charge is 0.317 e. The van der Waals surface area contributed by atoms with Gasteiger partial charge in [0.25, 0.3) is 0 Å². The zero-order valence-electron chi connectivity index (χ0n) is 11.3. The molecule has 1 aromatic rings. The Hall–Kier alpha value is -0.490. The first-order valence-electron chi connectivity index (χ1n) is 6.12. The highest BCUT2D eigenvalue weighted by atomic mass is 35.5. The van der Waals surface area contributed by atoms with Gasteiger partial charge in [0, 0.05) is 6.54 Å². The van der Waals surface area contributed by atoms with Crippen molar-refractivity contribution in [2.45, 2.75) is 26.1 Å². The second-order valence-corrected chi connectivity index (χ2v) is 4.04. The van der Waals surface area contributed by atoms with Gasteiger partial charge in [0.1, 0.15) is 0 Å². The summed E-state index contributed by atoms with van der Waals surface area (Å²) in [5, 5.41) is 6.20. The summed E-state index contributed by atoms with van der Waals surface area (Å²) >= 11 is 0. The number of halogens is 5. The second-order valence-electron chi connectivity index (χ2n) is 4.04. The van der Waals surface area contributed by atoms with Gasteiger partial charge in [-0.2, -0.15) is 13.2 Å². The van der Waals surface area contributed by atoms with Gasteiger partial charge in [-0.05, 0) is 37.7 Å². The summed E-state index contributed by atoms with van der Waals surface area (Å²) in [7, 11) is 0. The molecule has 0 amide bonds. The molecule has 1 aromatic carbocycles. The van der Waals surface area contributed by atoms with E-state index in [0.717, 1.165) is 25.6 Å². The maximum Gasteiger partial charge on any atom is 0.416 e. The third-order valence-corrected chi connectivity index (χ3v) is 2.60. The van der Waals surface area contributed by atoms with Gasteiger partial charge in [-0.15, -0.1) is 24.8 Å². The van der Waals surface area contributed by atoms with Crippen LogP contribution in [0.1, 0.15) is 24.5 Å². The summed E-state index contributed by atoms with van der Waals surface area (Å²) in [5.41, 5.74) is -0.252. The van der Waals surface area contributed by atoms with Crippen LogP contribution >= 0.6 is 24.8 Å². The Balaban J connectivity index is 0. The van der Waals surface area contributed by atoms with E-state index < -0.39 is 11.7 Å². The fraction of sp³-hybridized carbons (Fsp3) is 0.538. The van der Waals surface area contributed by atoms with E-state index in [0.29, 0.717) is 12.1 Å². The second kappa shape index (κ2) is 11.2. The SMILES string of the molecule is CCNCCCNCc1ccccc1C(F)(F)F.Cl.Cl. The van der Waals surface area contributed by atoms with E-state index in [-0.39, 0.29) is 31.4 Å². The Labute approximate surface area is 130 Å². The molecule has 0 saturated carbocycles. The van der Waals surface area contributed by atoms with E-state index in [9.17, 15) is 13.2 Å². The molecular weight excluding hydrogens is 312 g/mol. The Kier molecular flexibility index (Phi) is 12.2. The molecule has 7 heteroatoms. The maximum absolute atomic E-state index is 12.7. The molecule has 0 bridgehead atoms. The van der Waals surface area contributed by atoms with Crippen molar-refractivity contribution in [2.24, 2.45) is 0 Å². The lowest BCUT2D eigenvalue weighted by atomic mass is 10.1. The summed E-state index contributed by atoms with van der Waals surface area (Å²) in [5.74, 6) is 0. The molecule has 118 valence electrons. The number of hydrogen-bond donors (Lipinski definition) is 2. The number of nitrogens with one attached hydrogen (secondary N) is 2. The number of rotatable bonds is 7. The molecule has 0 aliphatic carbocycles. The molecule has 0 saturated heterocycles. The van der Waals surface area contributed by atoms with Gasteiger partial charge in [0.15, 0.2) is 0 Å². The van der Waals surface area contributed by atoms with E-state index in [1.807, 2.05) is 6.92 Å². The van der Waals surface area contributed by atoms with Crippen molar-refractivity contribution in [3.05, 3.63) is 35.4 Å². The average Bonchev–Trinajstić information content (AvgIpc) is 2.33. The normalized spacial score (nSPS) is 10.6. The first-order valence-corrected chi connectivity index (χ1v) is 6.12. The average molecular weight is 333 g/mol. The summed E-state index contributed by atoms with van der Waals surface area (Å²) < 4.78 is 38.1. The van der Waals surface area contributed by atoms with Crippen LogP contribution in [0.3, 0.4) is 0 Å². The third-order valence-electron chi connectivity index (χ3n) is 2.60. The van der Waals surface area contributed by atoms with Crippen LogP contribution in [0.15, 0.2) is 24.3 Å². The van der Waals surface area contributed by atoms with Gasteiger partial charge in [0.2, 0.25) is 0 Å². The molecule has 0 aliphatic rings. The topological polar surface area (TPSA) is 24.1 Å². The van der Waals surface area contributed by atoms with Crippen molar-refractivity contribution < 1.29 is 13.2 Å². The van der Waals surface area contributed by atoms with Gasteiger partial charge in [-0.25, -0.2) is 0 Å². The molecule has 2 N–H and O–H groups in total. The van der Waals surface area contributed by atoms with E-state index in [1.54, 1.807) is 6.07 Å². The van der Waals surface area contributed by atoms with Crippen LogP contribution in [0.25, 0.3) is 0 Å². The summed E-state index contributed by atoms with van der Waals surface area (Å²) in [4.78, 5) is 0. The van der Waals surface area contributed by atoms with Crippen LogP contribution in [-0.2, 0) is 12.7 Å². The number of hydrogen-bond acceptors (Lipinski definition) is 2. The van der Waals surface area contributed by atoms with Gasteiger partial charge < -0.3 is 10.6 Å². The highest BCUT2D eigenvalue weighted by Gasteiger charge is 2.32. The van der Waals surface area contributed by atoms with E-state index in [1.165, 1.54) is 12.1 Å². The Morgan fingerprint density at radius 2 is 1.60 bits per heavy atom. The maximum atomic E-state index is 12.7. The van der Waals surface area contributed by atoms with E-state index in [2.05, 4.69) is 10.6 Å². The number of alkyl halides is 3. The lowest BCUT2D eigenvalue weighted by molar-refractivity contribution is -0.138. The standard InChI is InChI=1S/C13H19F3N2.2ClH/c1-2-17-8-5-9-18-10-11-6-3-4-7-12(11)13(14,15)16;;/h3-4,6-7,17-18H,2,5,8-10H2,1H3;2*1H. The van der Waals surface area contributed by atoms with Crippen LogP contribution < -0.4 is 10.6 Å². The van der Waals surface area contributed by atoms with Crippen molar-refractivity contribution in [1.29, 1.82) is 0 Å². The van der Waals surface area contributed by atoms with Crippen molar-refractivity contribution >= 4 is 24.8 Å². The van der Waals surface area contributed by atoms with Gasteiger partial charge in [-0.1, -0.05) is 25.1 Å². The van der Waals surface area contributed by atoms with Crippen molar-refractivity contribution in [3.63, 3.8) is 0 Å².